The van der Waals surface area contributed by atoms with E-state index in [2.05, 4.69) is 21.2 Å². The van der Waals surface area contributed by atoms with Gasteiger partial charge in [0.15, 0.2) is 14.1 Å². The van der Waals surface area contributed by atoms with Crippen LogP contribution in [0.15, 0.2) is 9.05 Å². The lowest BCUT2D eigenvalue weighted by molar-refractivity contribution is -0.755. The van der Waals surface area contributed by atoms with Crippen molar-refractivity contribution in [2.24, 2.45) is 14.1 Å². The van der Waals surface area contributed by atoms with E-state index < -0.39 is 0 Å². The van der Waals surface area contributed by atoms with Crippen LogP contribution in [0, 0.1) is 0 Å². The minimum absolute atomic E-state index is 0.111. The van der Waals surface area contributed by atoms with Crippen LogP contribution >= 0.6 is 0 Å². The molecule has 10 nitrogen and oxygen atoms in total. The van der Waals surface area contributed by atoms with Gasteiger partial charge in [0, 0.05) is 0 Å². The van der Waals surface area contributed by atoms with Gasteiger partial charge in [-0.3, -0.25) is 29.3 Å². The Balaban J connectivity index is 2.60. The quantitative estimate of drug-likeness (QED) is 0.476. The predicted molar refractivity (Wildman–Crippen MR) is 53.7 cm³/mol. The fourth-order valence-corrected chi connectivity index (χ4v) is 1.48. The fraction of sp³-hybridized carbons (Fsp3) is 0.250. The molecule has 2 heterocycles. The summed E-state index contributed by atoms with van der Waals surface area (Å²) in [6, 6.07) is 0. The van der Waals surface area contributed by atoms with Crippen molar-refractivity contribution in [1.82, 2.24) is 10.5 Å². The summed E-state index contributed by atoms with van der Waals surface area (Å²) in [5.74, 6) is 0.223. The molecule has 0 aliphatic heterocycles. The van der Waals surface area contributed by atoms with E-state index >= 15 is 0 Å². The third kappa shape index (κ3) is 1.79. The lowest BCUT2D eigenvalue weighted by atomic mass is 10.3. The molecule has 10 heteroatoms. The average Bonchev–Trinajstić information content (AvgIpc) is 2.85. The zero-order valence-corrected chi connectivity index (χ0v) is 9.58. The van der Waals surface area contributed by atoms with E-state index in [9.17, 15) is 9.59 Å². The molecule has 0 aliphatic rings. The number of anilines is 2. The molecule has 0 spiro atoms. The second-order valence-corrected chi connectivity index (χ2v) is 3.27. The third-order valence-electron chi connectivity index (χ3n) is 2.19. The molecule has 0 bridgehead atoms. The summed E-state index contributed by atoms with van der Waals surface area (Å²) >= 11 is 0. The first-order valence-corrected chi connectivity index (χ1v) is 4.81. The number of carbonyl (C=O) groups excluding carboxylic acids is 2. The number of carbonyl (C=O) groups is 2. The Bertz CT molecular complexity index is 536. The minimum atomic E-state index is 0.111. The van der Waals surface area contributed by atoms with Crippen LogP contribution in [0.3, 0.4) is 0 Å². The van der Waals surface area contributed by atoms with E-state index in [4.69, 9.17) is 9.05 Å². The minimum Gasteiger partial charge on any atom is -0.291 e. The lowest BCUT2D eigenvalue weighted by Gasteiger charge is -1.90. The molecule has 0 atom stereocenters. The van der Waals surface area contributed by atoms with Gasteiger partial charge in [0.25, 0.3) is 0 Å². The van der Waals surface area contributed by atoms with E-state index in [0.717, 1.165) is 0 Å². The van der Waals surface area contributed by atoms with Gasteiger partial charge in [0.1, 0.15) is 0 Å². The van der Waals surface area contributed by atoms with Crippen molar-refractivity contribution < 1.29 is 28.0 Å². The van der Waals surface area contributed by atoms with E-state index in [-0.39, 0.29) is 11.8 Å². The molecule has 2 N–H and O–H groups in total. The van der Waals surface area contributed by atoms with Gasteiger partial charge in [-0.05, 0) is 9.36 Å². The van der Waals surface area contributed by atoms with Gasteiger partial charge in [-0.15, -0.1) is 0 Å². The van der Waals surface area contributed by atoms with Crippen LogP contribution in [-0.2, 0) is 23.7 Å². The van der Waals surface area contributed by atoms with Crippen molar-refractivity contribution in [2.45, 2.75) is 0 Å². The molecule has 0 radical (unpaired) electrons. The Labute approximate surface area is 100 Å². The molecule has 2 aromatic heterocycles. The van der Waals surface area contributed by atoms with Crippen molar-refractivity contribution in [1.29, 1.82) is 0 Å². The van der Waals surface area contributed by atoms with Crippen LogP contribution in [0.4, 0.5) is 11.8 Å². The number of hydrogen-bond acceptors (Lipinski definition) is 6. The van der Waals surface area contributed by atoms with Gasteiger partial charge in [-0.1, -0.05) is 0 Å². The van der Waals surface area contributed by atoms with Crippen LogP contribution in [0.5, 0.6) is 0 Å². The second-order valence-electron chi connectivity index (χ2n) is 3.27. The van der Waals surface area contributed by atoms with E-state index in [1.807, 2.05) is 0 Å². The van der Waals surface area contributed by atoms with Crippen molar-refractivity contribution in [3.63, 3.8) is 0 Å². The average molecular weight is 254 g/mol. The molecular weight excluding hydrogens is 244 g/mol. The molecule has 0 saturated heterocycles. The summed E-state index contributed by atoms with van der Waals surface area (Å²) in [4.78, 5) is 21.0. The number of nitrogens with one attached hydrogen (secondary N) is 2. The Kier molecular flexibility index (Phi) is 3.00. The van der Waals surface area contributed by atoms with Crippen LogP contribution < -0.4 is 20.0 Å². The van der Waals surface area contributed by atoms with E-state index in [1.165, 1.54) is 9.36 Å². The highest BCUT2D eigenvalue weighted by Gasteiger charge is 2.38. The molecule has 0 saturated carbocycles. The number of aromatic nitrogens is 4. The molecule has 2 rings (SSSR count). The van der Waals surface area contributed by atoms with Crippen LogP contribution in [0.2, 0.25) is 0 Å². The third-order valence-corrected chi connectivity index (χ3v) is 2.19. The van der Waals surface area contributed by atoms with Gasteiger partial charge in [-0.2, -0.15) is 0 Å². The molecule has 0 aliphatic carbocycles. The number of hydrogen-bond donors (Lipinski definition) is 2. The first-order chi connectivity index (χ1) is 8.69. The summed E-state index contributed by atoms with van der Waals surface area (Å²) in [5.41, 5.74) is 0.797. The highest BCUT2D eigenvalue weighted by Crippen LogP contribution is 2.26. The molecule has 94 valence electrons. The largest absolute Gasteiger partial charge is 0.377 e. The number of amides is 2. The van der Waals surface area contributed by atoms with Gasteiger partial charge in [0.2, 0.25) is 23.4 Å². The second kappa shape index (κ2) is 4.61. The Morgan fingerprint density at radius 2 is 1.33 bits per heavy atom. The fourth-order valence-electron chi connectivity index (χ4n) is 1.48. The maximum absolute atomic E-state index is 10.5. The lowest BCUT2D eigenvalue weighted by Crippen LogP contribution is -2.39. The van der Waals surface area contributed by atoms with E-state index in [0.29, 0.717) is 24.2 Å². The highest BCUT2D eigenvalue weighted by atomic mass is 16.5. The van der Waals surface area contributed by atoms with Crippen LogP contribution in [-0.4, -0.2) is 23.4 Å². The van der Waals surface area contributed by atoms with E-state index in [1.54, 1.807) is 14.1 Å². The molecule has 18 heavy (non-hydrogen) atoms. The molecular formula is C8H10N6O4+2. The first-order valence-electron chi connectivity index (χ1n) is 4.81. The number of nitrogens with zero attached hydrogens (tertiary/aromatic N) is 4. The smallest absolute Gasteiger partial charge is 0.291 e. The maximum Gasteiger partial charge on any atom is 0.377 e. The zero-order chi connectivity index (χ0) is 13.1. The topological polar surface area (TPSA) is 118 Å². The van der Waals surface area contributed by atoms with Gasteiger partial charge >= 0.3 is 23.2 Å². The van der Waals surface area contributed by atoms with Gasteiger partial charge in [-0.25, -0.2) is 0 Å². The summed E-state index contributed by atoms with van der Waals surface area (Å²) in [7, 11) is 3.21. The van der Waals surface area contributed by atoms with Crippen LogP contribution in [0.1, 0.15) is 0 Å². The molecule has 0 aromatic carbocycles. The van der Waals surface area contributed by atoms with Gasteiger partial charge < -0.3 is 0 Å². The SMILES string of the molecule is C[n+]1noc(NC=O)c1-c1c(NC=O)on[n+]1C. The van der Waals surface area contributed by atoms with Crippen molar-refractivity contribution in [3.05, 3.63) is 0 Å². The maximum atomic E-state index is 10.5. The summed E-state index contributed by atoms with van der Waals surface area (Å²) in [6.45, 7) is 0. The Hall–Kier alpha value is -2.78. The summed E-state index contributed by atoms with van der Waals surface area (Å²) in [5, 5.41) is 12.0. The molecule has 0 fully saturated rings. The van der Waals surface area contributed by atoms with Crippen LogP contribution in [0.25, 0.3) is 11.4 Å². The zero-order valence-electron chi connectivity index (χ0n) is 9.58. The van der Waals surface area contributed by atoms with Crippen molar-refractivity contribution in [3.8, 4) is 11.4 Å². The van der Waals surface area contributed by atoms with Gasteiger partial charge in [0.05, 0.1) is 0 Å². The first kappa shape index (κ1) is 11.7. The van der Waals surface area contributed by atoms with Crippen molar-refractivity contribution in [2.75, 3.05) is 10.6 Å². The Morgan fingerprint density at radius 3 is 1.67 bits per heavy atom. The molecule has 2 amide bonds. The normalized spacial score (nSPS) is 10.1. The van der Waals surface area contributed by atoms with Crippen molar-refractivity contribution >= 4 is 24.6 Å². The summed E-state index contributed by atoms with van der Waals surface area (Å²) in [6.07, 6.45) is 0.898. The predicted octanol–water partition coefficient (Wildman–Crippen LogP) is -1.88. The monoisotopic (exact) mass is 254 g/mol. The standard InChI is InChI=1S/C8H9N6O4/c1-13-5(7(9-3-15)17-11-13)6-8(10-4-16)18-12-14(6)2/h3-4,11H,1-2H3/q+1/p+1. The highest BCUT2D eigenvalue weighted by molar-refractivity contribution is 5.81. The molecule has 0 unspecified atom stereocenters. The summed E-state index contributed by atoms with van der Waals surface area (Å²) < 4.78 is 12.6. The molecule has 2 aromatic rings. The Morgan fingerprint density at radius 1 is 0.944 bits per heavy atom. The number of rotatable bonds is 5. The number of aryl methyl sites for hydroxylation is 2.